The van der Waals surface area contributed by atoms with Crippen LogP contribution in [-0.2, 0) is 6.42 Å². The molecule has 0 fully saturated rings. The van der Waals surface area contributed by atoms with E-state index in [1.54, 1.807) is 6.07 Å². The zero-order valence-corrected chi connectivity index (χ0v) is 12.4. The van der Waals surface area contributed by atoms with Gasteiger partial charge in [-0.1, -0.05) is 0 Å². The van der Waals surface area contributed by atoms with E-state index in [1.807, 2.05) is 43.4 Å². The summed E-state index contributed by atoms with van der Waals surface area (Å²) < 4.78 is 0. The van der Waals surface area contributed by atoms with E-state index in [2.05, 4.69) is 15.3 Å². The molecule has 0 aromatic carbocycles. The number of anilines is 2. The molecule has 2 aromatic heterocycles. The van der Waals surface area contributed by atoms with Crippen LogP contribution in [0, 0.1) is 0 Å². The lowest BCUT2D eigenvalue weighted by molar-refractivity contribution is 0.586. The highest BCUT2D eigenvalue weighted by atomic mass is 16.1. The largest absolute Gasteiger partial charge is 0.377 e. The Morgan fingerprint density at radius 3 is 2.86 bits per heavy atom. The SMILES string of the molecule is CN(C)c1ccc(NC2CCCc3[nH]c(=O)ccc32)cn1. The van der Waals surface area contributed by atoms with Crippen molar-refractivity contribution < 1.29 is 0 Å². The molecule has 21 heavy (non-hydrogen) atoms. The molecule has 3 rings (SSSR count). The van der Waals surface area contributed by atoms with Crippen LogP contribution in [0.1, 0.15) is 30.1 Å². The number of rotatable bonds is 3. The van der Waals surface area contributed by atoms with Crippen LogP contribution in [0.15, 0.2) is 35.3 Å². The van der Waals surface area contributed by atoms with Crippen molar-refractivity contribution in [3.63, 3.8) is 0 Å². The van der Waals surface area contributed by atoms with Gasteiger partial charge in [0.05, 0.1) is 17.9 Å². The molecule has 1 aliphatic carbocycles. The van der Waals surface area contributed by atoms with E-state index in [-0.39, 0.29) is 11.6 Å². The Bertz CT molecular complexity index is 675. The van der Waals surface area contributed by atoms with Crippen molar-refractivity contribution in [2.24, 2.45) is 0 Å². The third kappa shape index (κ3) is 2.91. The minimum atomic E-state index is -0.0218. The molecule has 2 aromatic rings. The standard InChI is InChI=1S/C16H20N4O/c1-20(2)15-8-6-11(10-17-15)18-13-4-3-5-14-12(13)7-9-16(21)19-14/h6-10,13,18H,3-5H2,1-2H3,(H,19,21). The van der Waals surface area contributed by atoms with Crippen LogP contribution in [0.5, 0.6) is 0 Å². The van der Waals surface area contributed by atoms with Gasteiger partial charge in [-0.25, -0.2) is 4.98 Å². The molecule has 0 radical (unpaired) electrons. The first kappa shape index (κ1) is 13.7. The van der Waals surface area contributed by atoms with Crippen LogP contribution in [0.3, 0.4) is 0 Å². The van der Waals surface area contributed by atoms with Gasteiger partial charge in [-0.15, -0.1) is 0 Å². The number of aromatic nitrogens is 2. The minimum absolute atomic E-state index is 0.0218. The van der Waals surface area contributed by atoms with Gasteiger partial charge in [-0.3, -0.25) is 4.79 Å². The van der Waals surface area contributed by atoms with Crippen LogP contribution in [0.4, 0.5) is 11.5 Å². The van der Waals surface area contributed by atoms with Crippen molar-refractivity contribution in [3.8, 4) is 0 Å². The predicted molar refractivity (Wildman–Crippen MR) is 84.9 cm³/mol. The summed E-state index contributed by atoms with van der Waals surface area (Å²) in [6, 6.07) is 7.82. The van der Waals surface area contributed by atoms with Crippen LogP contribution in [0.2, 0.25) is 0 Å². The van der Waals surface area contributed by atoms with Crippen LogP contribution in [0.25, 0.3) is 0 Å². The van der Waals surface area contributed by atoms with E-state index < -0.39 is 0 Å². The fourth-order valence-corrected chi connectivity index (χ4v) is 2.79. The molecular formula is C16H20N4O. The smallest absolute Gasteiger partial charge is 0.248 e. The number of hydrogen-bond acceptors (Lipinski definition) is 4. The Hall–Kier alpha value is -2.30. The topological polar surface area (TPSA) is 61.0 Å². The highest BCUT2D eigenvalue weighted by molar-refractivity contribution is 5.49. The van der Waals surface area contributed by atoms with Gasteiger partial charge in [0, 0.05) is 25.9 Å². The molecular weight excluding hydrogens is 264 g/mol. The van der Waals surface area contributed by atoms with Gasteiger partial charge < -0.3 is 15.2 Å². The van der Waals surface area contributed by atoms with E-state index in [0.717, 1.165) is 36.5 Å². The van der Waals surface area contributed by atoms with E-state index in [0.29, 0.717) is 0 Å². The molecule has 2 N–H and O–H groups in total. The third-order valence-electron chi connectivity index (χ3n) is 3.88. The Morgan fingerprint density at radius 1 is 1.29 bits per heavy atom. The Kier molecular flexibility index (Phi) is 3.64. The predicted octanol–water partition coefficient (Wildman–Crippen LogP) is 2.33. The van der Waals surface area contributed by atoms with Crippen molar-refractivity contribution in [2.75, 3.05) is 24.3 Å². The number of nitrogens with zero attached hydrogens (tertiary/aromatic N) is 2. The first-order chi connectivity index (χ1) is 10.1. The van der Waals surface area contributed by atoms with Crippen molar-refractivity contribution in [2.45, 2.75) is 25.3 Å². The molecule has 5 heteroatoms. The number of H-pyrrole nitrogens is 1. The first-order valence-electron chi connectivity index (χ1n) is 7.25. The average Bonchev–Trinajstić information content (AvgIpc) is 2.47. The lowest BCUT2D eigenvalue weighted by atomic mass is 9.91. The van der Waals surface area contributed by atoms with E-state index in [9.17, 15) is 4.79 Å². The lowest BCUT2D eigenvalue weighted by Crippen LogP contribution is -2.21. The fourth-order valence-electron chi connectivity index (χ4n) is 2.79. The molecule has 0 spiro atoms. The van der Waals surface area contributed by atoms with E-state index >= 15 is 0 Å². The number of aromatic amines is 1. The van der Waals surface area contributed by atoms with Gasteiger partial charge in [0.2, 0.25) is 5.56 Å². The van der Waals surface area contributed by atoms with Crippen LogP contribution < -0.4 is 15.8 Å². The molecule has 0 aliphatic heterocycles. The number of pyridine rings is 2. The van der Waals surface area contributed by atoms with Gasteiger partial charge in [0.15, 0.2) is 0 Å². The molecule has 2 heterocycles. The third-order valence-corrected chi connectivity index (χ3v) is 3.88. The van der Waals surface area contributed by atoms with Gasteiger partial charge >= 0.3 is 0 Å². The highest BCUT2D eigenvalue weighted by Crippen LogP contribution is 2.30. The highest BCUT2D eigenvalue weighted by Gasteiger charge is 2.20. The molecule has 0 bridgehead atoms. The first-order valence-corrected chi connectivity index (χ1v) is 7.25. The maximum atomic E-state index is 11.4. The molecule has 5 nitrogen and oxygen atoms in total. The summed E-state index contributed by atoms with van der Waals surface area (Å²) in [4.78, 5) is 20.8. The number of aryl methyl sites for hydroxylation is 1. The van der Waals surface area contributed by atoms with Crippen molar-refractivity contribution >= 4 is 11.5 Å². The van der Waals surface area contributed by atoms with Crippen molar-refractivity contribution in [1.29, 1.82) is 0 Å². The van der Waals surface area contributed by atoms with Gasteiger partial charge in [-0.05, 0) is 43.0 Å². The molecule has 0 saturated carbocycles. The molecule has 110 valence electrons. The number of nitrogens with one attached hydrogen (secondary N) is 2. The quantitative estimate of drug-likeness (QED) is 0.908. The minimum Gasteiger partial charge on any atom is -0.377 e. The summed E-state index contributed by atoms with van der Waals surface area (Å²) in [7, 11) is 3.95. The molecule has 0 amide bonds. The molecule has 1 aliphatic rings. The summed E-state index contributed by atoms with van der Waals surface area (Å²) in [5.74, 6) is 0.939. The van der Waals surface area contributed by atoms with Gasteiger partial charge in [0.1, 0.15) is 5.82 Å². The molecule has 1 atom stereocenters. The molecule has 0 saturated heterocycles. The van der Waals surface area contributed by atoms with Gasteiger partial charge in [-0.2, -0.15) is 0 Å². The van der Waals surface area contributed by atoms with Gasteiger partial charge in [0.25, 0.3) is 0 Å². The van der Waals surface area contributed by atoms with Crippen LogP contribution >= 0.6 is 0 Å². The zero-order valence-electron chi connectivity index (χ0n) is 12.4. The maximum absolute atomic E-state index is 11.4. The Morgan fingerprint density at radius 2 is 2.14 bits per heavy atom. The fraction of sp³-hybridized carbons (Fsp3) is 0.375. The number of hydrogen-bond donors (Lipinski definition) is 2. The average molecular weight is 284 g/mol. The monoisotopic (exact) mass is 284 g/mol. The molecule has 1 unspecified atom stereocenters. The summed E-state index contributed by atoms with van der Waals surface area (Å²) in [6.07, 6.45) is 4.94. The van der Waals surface area contributed by atoms with E-state index in [4.69, 9.17) is 0 Å². The summed E-state index contributed by atoms with van der Waals surface area (Å²) in [5.41, 5.74) is 3.23. The lowest BCUT2D eigenvalue weighted by Gasteiger charge is -2.26. The van der Waals surface area contributed by atoms with E-state index in [1.165, 1.54) is 5.56 Å². The summed E-state index contributed by atoms with van der Waals surface area (Å²) >= 11 is 0. The summed E-state index contributed by atoms with van der Waals surface area (Å²) in [6.45, 7) is 0. The second kappa shape index (κ2) is 5.60. The maximum Gasteiger partial charge on any atom is 0.248 e. The van der Waals surface area contributed by atoms with Crippen molar-refractivity contribution in [1.82, 2.24) is 9.97 Å². The summed E-state index contributed by atoms with van der Waals surface area (Å²) in [5, 5.41) is 3.52. The number of fused-ring (bicyclic) bond motifs is 1. The zero-order chi connectivity index (χ0) is 14.8. The van der Waals surface area contributed by atoms with Crippen LogP contribution in [-0.4, -0.2) is 24.1 Å². The Balaban J connectivity index is 1.81. The second-order valence-corrected chi connectivity index (χ2v) is 5.65. The van der Waals surface area contributed by atoms with Crippen molar-refractivity contribution in [3.05, 3.63) is 52.1 Å². The Labute approximate surface area is 124 Å². The second-order valence-electron chi connectivity index (χ2n) is 5.65. The normalized spacial score (nSPS) is 17.1.